The van der Waals surface area contributed by atoms with Gasteiger partial charge < -0.3 is 15.0 Å². The molecule has 19 heavy (non-hydrogen) atoms. The molecule has 2 rings (SSSR count). The Balaban J connectivity index is 1.77. The molecule has 0 aromatic carbocycles. The molecule has 0 aromatic heterocycles. The molecule has 0 radical (unpaired) electrons. The lowest BCUT2D eigenvalue weighted by atomic mass is 9.74. The molecule has 3 nitrogen and oxygen atoms in total. The van der Waals surface area contributed by atoms with E-state index in [1.54, 1.807) is 0 Å². The molecule has 112 valence electrons. The molecule has 2 fully saturated rings. The predicted octanol–water partition coefficient (Wildman–Crippen LogP) is 2.37. The molecule has 0 amide bonds. The third-order valence-electron chi connectivity index (χ3n) is 4.99. The Labute approximate surface area is 119 Å². The minimum absolute atomic E-state index is 0.424. The summed E-state index contributed by atoms with van der Waals surface area (Å²) in [4.78, 5) is 2.56. The van der Waals surface area contributed by atoms with Gasteiger partial charge in [0.15, 0.2) is 0 Å². The highest BCUT2D eigenvalue weighted by molar-refractivity contribution is 4.85. The normalized spacial score (nSPS) is 26.8. The molecule has 0 saturated carbocycles. The maximum atomic E-state index is 5.45. The average Bonchev–Trinajstić information content (AvgIpc) is 2.40. The zero-order valence-corrected chi connectivity index (χ0v) is 13.1. The lowest BCUT2D eigenvalue weighted by Crippen LogP contribution is -2.45. The fraction of sp³-hybridized carbons (Fsp3) is 1.00. The van der Waals surface area contributed by atoms with E-state index < -0.39 is 0 Å². The van der Waals surface area contributed by atoms with Crippen molar-refractivity contribution in [2.75, 3.05) is 46.4 Å². The Morgan fingerprint density at radius 2 is 1.95 bits per heavy atom. The Morgan fingerprint density at radius 1 is 1.21 bits per heavy atom. The van der Waals surface area contributed by atoms with Crippen LogP contribution in [0.5, 0.6) is 0 Å². The van der Waals surface area contributed by atoms with Crippen LogP contribution in [0.4, 0.5) is 0 Å². The molecule has 3 heteroatoms. The third kappa shape index (κ3) is 4.73. The second-order valence-corrected chi connectivity index (χ2v) is 7.28. The number of nitrogens with one attached hydrogen (secondary N) is 1. The summed E-state index contributed by atoms with van der Waals surface area (Å²) >= 11 is 0. The quantitative estimate of drug-likeness (QED) is 0.828. The first-order chi connectivity index (χ1) is 9.08. The lowest BCUT2D eigenvalue weighted by Gasteiger charge is -2.40. The van der Waals surface area contributed by atoms with E-state index in [0.717, 1.165) is 25.0 Å². The van der Waals surface area contributed by atoms with Gasteiger partial charge in [-0.25, -0.2) is 0 Å². The van der Waals surface area contributed by atoms with E-state index in [2.05, 4.69) is 31.1 Å². The van der Waals surface area contributed by atoms with Crippen molar-refractivity contribution in [1.29, 1.82) is 0 Å². The summed E-state index contributed by atoms with van der Waals surface area (Å²) in [5, 5.41) is 3.56. The Morgan fingerprint density at radius 3 is 2.58 bits per heavy atom. The van der Waals surface area contributed by atoms with E-state index in [9.17, 15) is 0 Å². The monoisotopic (exact) mass is 268 g/mol. The van der Waals surface area contributed by atoms with Gasteiger partial charge >= 0.3 is 0 Å². The summed E-state index contributed by atoms with van der Waals surface area (Å²) in [6.07, 6.45) is 5.23. The second-order valence-electron chi connectivity index (χ2n) is 7.28. The first-order valence-corrected chi connectivity index (χ1v) is 8.05. The topological polar surface area (TPSA) is 24.5 Å². The first kappa shape index (κ1) is 15.3. The molecule has 0 aromatic rings. The van der Waals surface area contributed by atoms with E-state index >= 15 is 0 Å². The smallest absolute Gasteiger partial charge is 0.0469 e. The minimum atomic E-state index is 0.424. The maximum Gasteiger partial charge on any atom is 0.0469 e. The highest BCUT2D eigenvalue weighted by Gasteiger charge is 2.32. The molecule has 1 N–H and O–H groups in total. The number of ether oxygens (including phenoxy) is 1. The molecule has 0 spiro atoms. The van der Waals surface area contributed by atoms with E-state index in [1.807, 2.05) is 0 Å². The third-order valence-corrected chi connectivity index (χ3v) is 4.99. The summed E-state index contributed by atoms with van der Waals surface area (Å²) in [5.41, 5.74) is 0.424. The van der Waals surface area contributed by atoms with Gasteiger partial charge in [0, 0.05) is 26.3 Å². The molecule has 0 bridgehead atoms. The second kappa shape index (κ2) is 7.05. The molecule has 2 heterocycles. The standard InChI is InChI=1S/C16H32N2O/c1-16(2,15-5-4-8-17-11-15)13-18(3)12-14-6-9-19-10-7-14/h14-15,17H,4-13H2,1-3H3. The number of rotatable bonds is 5. The van der Waals surface area contributed by atoms with Crippen molar-refractivity contribution in [1.82, 2.24) is 10.2 Å². The molecule has 0 aliphatic carbocycles. The average molecular weight is 268 g/mol. The van der Waals surface area contributed by atoms with Crippen LogP contribution in [0.3, 0.4) is 0 Å². The van der Waals surface area contributed by atoms with Crippen molar-refractivity contribution in [3.8, 4) is 0 Å². The van der Waals surface area contributed by atoms with Gasteiger partial charge in [-0.05, 0) is 63.1 Å². The summed E-state index contributed by atoms with van der Waals surface area (Å²) in [5.74, 6) is 1.68. The van der Waals surface area contributed by atoms with Crippen molar-refractivity contribution in [3.05, 3.63) is 0 Å². The van der Waals surface area contributed by atoms with Crippen LogP contribution in [0.25, 0.3) is 0 Å². The molecule has 2 saturated heterocycles. The molecule has 2 aliphatic rings. The zero-order valence-electron chi connectivity index (χ0n) is 13.1. The summed E-state index contributed by atoms with van der Waals surface area (Å²) in [7, 11) is 2.30. The minimum Gasteiger partial charge on any atom is -0.381 e. The van der Waals surface area contributed by atoms with Gasteiger partial charge in [0.25, 0.3) is 0 Å². The van der Waals surface area contributed by atoms with Crippen molar-refractivity contribution < 1.29 is 4.74 Å². The van der Waals surface area contributed by atoms with E-state index in [1.165, 1.54) is 51.9 Å². The van der Waals surface area contributed by atoms with E-state index in [-0.39, 0.29) is 0 Å². The number of nitrogens with zero attached hydrogens (tertiary/aromatic N) is 1. The van der Waals surface area contributed by atoms with Crippen molar-refractivity contribution in [2.45, 2.75) is 39.5 Å². The molecule has 2 aliphatic heterocycles. The summed E-state index contributed by atoms with van der Waals surface area (Å²) < 4.78 is 5.45. The van der Waals surface area contributed by atoms with E-state index in [4.69, 9.17) is 4.74 Å². The predicted molar refractivity (Wildman–Crippen MR) is 80.4 cm³/mol. The van der Waals surface area contributed by atoms with Crippen LogP contribution in [-0.2, 0) is 4.74 Å². The van der Waals surface area contributed by atoms with Crippen LogP contribution in [0.2, 0.25) is 0 Å². The van der Waals surface area contributed by atoms with E-state index in [0.29, 0.717) is 5.41 Å². The molecule has 1 unspecified atom stereocenters. The molecular weight excluding hydrogens is 236 g/mol. The Kier molecular flexibility index (Phi) is 5.67. The largest absolute Gasteiger partial charge is 0.381 e. The fourth-order valence-corrected chi connectivity index (χ4v) is 3.78. The van der Waals surface area contributed by atoms with Gasteiger partial charge in [-0.1, -0.05) is 13.8 Å². The van der Waals surface area contributed by atoms with Gasteiger partial charge in [0.05, 0.1) is 0 Å². The molecular formula is C16H32N2O. The fourth-order valence-electron chi connectivity index (χ4n) is 3.78. The van der Waals surface area contributed by atoms with Crippen LogP contribution in [0.1, 0.15) is 39.5 Å². The van der Waals surface area contributed by atoms with Gasteiger partial charge in [0.2, 0.25) is 0 Å². The van der Waals surface area contributed by atoms with Gasteiger partial charge in [-0.2, -0.15) is 0 Å². The SMILES string of the molecule is CN(CC1CCOCC1)CC(C)(C)C1CCCNC1. The Hall–Kier alpha value is -0.120. The van der Waals surface area contributed by atoms with Crippen LogP contribution in [0, 0.1) is 17.3 Å². The number of hydrogen-bond donors (Lipinski definition) is 1. The maximum absolute atomic E-state index is 5.45. The zero-order chi connectivity index (χ0) is 13.7. The van der Waals surface area contributed by atoms with Gasteiger partial charge in [0.1, 0.15) is 0 Å². The Bertz CT molecular complexity index is 255. The highest BCUT2D eigenvalue weighted by atomic mass is 16.5. The van der Waals surface area contributed by atoms with Crippen molar-refractivity contribution in [2.24, 2.45) is 17.3 Å². The highest BCUT2D eigenvalue weighted by Crippen LogP contribution is 2.32. The van der Waals surface area contributed by atoms with Gasteiger partial charge in [-0.3, -0.25) is 0 Å². The lowest BCUT2D eigenvalue weighted by molar-refractivity contribution is 0.0447. The number of hydrogen-bond acceptors (Lipinski definition) is 3. The summed E-state index contributed by atoms with van der Waals surface area (Å²) in [6.45, 7) is 11.7. The van der Waals surface area contributed by atoms with Crippen molar-refractivity contribution in [3.63, 3.8) is 0 Å². The van der Waals surface area contributed by atoms with Crippen LogP contribution < -0.4 is 5.32 Å². The molecule has 1 atom stereocenters. The van der Waals surface area contributed by atoms with Crippen molar-refractivity contribution >= 4 is 0 Å². The van der Waals surface area contributed by atoms with Gasteiger partial charge in [-0.15, -0.1) is 0 Å². The van der Waals surface area contributed by atoms with Crippen LogP contribution >= 0.6 is 0 Å². The number of piperidine rings is 1. The van der Waals surface area contributed by atoms with Crippen LogP contribution in [0.15, 0.2) is 0 Å². The first-order valence-electron chi connectivity index (χ1n) is 8.05. The summed E-state index contributed by atoms with van der Waals surface area (Å²) in [6, 6.07) is 0. The van der Waals surface area contributed by atoms with Crippen LogP contribution in [-0.4, -0.2) is 51.3 Å².